The highest BCUT2D eigenvalue weighted by molar-refractivity contribution is 6.02. The van der Waals surface area contributed by atoms with E-state index in [-0.39, 0.29) is 18.5 Å². The summed E-state index contributed by atoms with van der Waals surface area (Å²) in [4.78, 5) is 79.3. The Morgan fingerprint density at radius 1 is 0.285 bits per heavy atom. The average molecular weight is 1790 g/mol. The minimum absolute atomic E-state index is 0.0405. The summed E-state index contributed by atoms with van der Waals surface area (Å²) in [7, 11) is 0. The Balaban J connectivity index is 0.000000105. The highest BCUT2D eigenvalue weighted by Gasteiger charge is 2.24. The summed E-state index contributed by atoms with van der Waals surface area (Å²) < 4.78 is 25.2. The summed E-state index contributed by atoms with van der Waals surface area (Å²) in [6, 6.07) is 106. The van der Waals surface area contributed by atoms with Gasteiger partial charge in [-0.1, -0.05) is 139 Å². The number of amides is 1. The fourth-order valence-corrected chi connectivity index (χ4v) is 16.9. The third-order valence-corrected chi connectivity index (χ3v) is 23.4. The van der Waals surface area contributed by atoms with Gasteiger partial charge in [0.1, 0.15) is 5.82 Å². The lowest BCUT2D eigenvalue weighted by atomic mass is 9.96. The minimum atomic E-state index is -0.265. The summed E-state index contributed by atoms with van der Waals surface area (Å²) in [6.07, 6.45) is 20.2. The zero-order valence-corrected chi connectivity index (χ0v) is 75.9. The number of aliphatic imine (C=N–C) groups is 1. The van der Waals surface area contributed by atoms with Crippen LogP contribution in [0.15, 0.2) is 388 Å². The number of nitrogens with zero attached hydrogens (tertiary/aromatic N) is 15. The molecule has 20 heteroatoms. The number of ether oxygens (including phenoxy) is 2. The molecule has 13 aromatic heterocycles. The highest BCUT2D eigenvalue weighted by Crippen LogP contribution is 2.42. The second-order valence-electron chi connectivity index (χ2n) is 33.0. The average Bonchev–Trinajstić information content (AvgIpc) is 1.77. The van der Waals surface area contributed by atoms with Crippen molar-refractivity contribution >= 4 is 50.6 Å². The molecular weight excluding hydrogens is 1700 g/mol. The first-order valence-electron chi connectivity index (χ1n) is 44.9. The molecule has 1 amide bonds. The number of aryl methyl sites for hydroxylation is 6. The second-order valence-corrected chi connectivity index (χ2v) is 33.0. The van der Waals surface area contributed by atoms with E-state index in [9.17, 15) is 9.18 Å². The first-order valence-corrected chi connectivity index (χ1v) is 44.9. The molecule has 0 fully saturated rings. The van der Waals surface area contributed by atoms with Crippen molar-refractivity contribution in [3.05, 3.63) is 440 Å². The number of carbonyl (C=O) groups is 1. The summed E-state index contributed by atoms with van der Waals surface area (Å²) in [5.74, 6) is 1.30. The number of carbonyl (C=O) groups excluding carboxylic acids is 1. The van der Waals surface area contributed by atoms with Crippen molar-refractivity contribution in [2.75, 3.05) is 12.1 Å². The van der Waals surface area contributed by atoms with Crippen molar-refractivity contribution in [3.8, 4) is 146 Å². The fraction of sp³-hybridized carbons (Fsp3) is 0.0769. The largest absolute Gasteiger partial charge is 0.454 e. The van der Waals surface area contributed by atoms with E-state index in [1.165, 1.54) is 28.3 Å². The molecule has 0 spiro atoms. The van der Waals surface area contributed by atoms with Gasteiger partial charge in [0.15, 0.2) is 11.5 Å². The minimum Gasteiger partial charge on any atom is -0.454 e. The van der Waals surface area contributed by atoms with Crippen LogP contribution in [0.1, 0.15) is 50.6 Å². The van der Waals surface area contributed by atoms with E-state index in [1.807, 2.05) is 296 Å². The van der Waals surface area contributed by atoms with Gasteiger partial charge in [-0.15, -0.1) is 0 Å². The van der Waals surface area contributed by atoms with Crippen LogP contribution in [-0.2, 0) is 17.8 Å². The molecule has 1 N–H and O–H groups in total. The molecule has 21 aromatic rings. The molecule has 0 atom stereocenters. The van der Waals surface area contributed by atoms with Crippen molar-refractivity contribution in [2.24, 2.45) is 4.99 Å². The van der Waals surface area contributed by atoms with Crippen molar-refractivity contribution in [1.82, 2.24) is 69.8 Å². The number of fused-ring (bicyclic) bond motifs is 6. The van der Waals surface area contributed by atoms with Gasteiger partial charge in [0.25, 0.3) is 0 Å². The van der Waals surface area contributed by atoms with Crippen LogP contribution >= 0.6 is 0 Å². The Morgan fingerprint density at radius 2 is 0.708 bits per heavy atom. The summed E-state index contributed by atoms with van der Waals surface area (Å²) in [5.41, 5.74) is 37.2. The summed E-state index contributed by atoms with van der Waals surface area (Å²) in [5, 5.41) is 5.07. The molecule has 0 saturated heterocycles. The SMILES string of the molecule is Cc1ccc(F)c(-c2ncccc2-c2ccnc3ccccc23)c1.Cc1cccc(-c2cccnc2-c2ccc3c(c2)C=NC3)n1.Cc1cccc(-c2cccnc2-c2ccc3c(c2)NC(=O)C3)n1.Cc1cccc(-c2cccnc2-c2ccc3c(c2)OCO3)n1.Cc1cccc(-c2cccnc2-c2ccc3nccnc3c2)n1.Cc1cccc(-c2ncccc2-c2ccnc3ccccc23)c1. The Hall–Kier alpha value is -17.9. The van der Waals surface area contributed by atoms with Crippen LogP contribution in [-0.4, -0.2) is 88.7 Å². The van der Waals surface area contributed by atoms with Gasteiger partial charge in [-0.2, -0.15) is 0 Å². The van der Waals surface area contributed by atoms with E-state index in [1.54, 1.807) is 49.4 Å². The normalized spacial score (nSPS) is 11.7. The van der Waals surface area contributed by atoms with Crippen LogP contribution in [0.25, 0.3) is 168 Å². The molecule has 3 aliphatic rings. The van der Waals surface area contributed by atoms with Gasteiger partial charge in [-0.3, -0.25) is 79.6 Å². The van der Waals surface area contributed by atoms with E-state index < -0.39 is 0 Å². The third-order valence-electron chi connectivity index (χ3n) is 23.4. The topological polar surface area (TPSA) is 240 Å². The van der Waals surface area contributed by atoms with Gasteiger partial charge < -0.3 is 14.8 Å². The quantitative estimate of drug-likeness (QED) is 0.120. The number of hydrogen-bond donors (Lipinski definition) is 1. The van der Waals surface area contributed by atoms with Crippen molar-refractivity contribution < 1.29 is 18.7 Å². The van der Waals surface area contributed by atoms with Gasteiger partial charge in [0, 0.05) is 174 Å². The number of aromatic nitrogens is 14. The van der Waals surface area contributed by atoms with Gasteiger partial charge in [0.2, 0.25) is 12.7 Å². The van der Waals surface area contributed by atoms with Crippen molar-refractivity contribution in [3.63, 3.8) is 0 Å². The summed E-state index contributed by atoms with van der Waals surface area (Å²) in [6.45, 7) is 13.1. The maximum atomic E-state index is 14.4. The zero-order chi connectivity index (χ0) is 93.5. The fourth-order valence-electron chi connectivity index (χ4n) is 16.9. The van der Waals surface area contributed by atoms with Crippen LogP contribution in [0.4, 0.5) is 10.1 Å². The smallest absolute Gasteiger partial charge is 0.231 e. The number of pyridine rings is 12. The van der Waals surface area contributed by atoms with E-state index in [2.05, 4.69) is 160 Å². The van der Waals surface area contributed by atoms with Crippen molar-refractivity contribution in [1.29, 1.82) is 0 Å². The predicted octanol–water partition coefficient (Wildman–Crippen LogP) is 26.3. The zero-order valence-electron chi connectivity index (χ0n) is 75.9. The Kier molecular flexibility index (Phi) is 26.3. The number of benzene rings is 8. The molecule has 19 nitrogen and oxygen atoms in total. The van der Waals surface area contributed by atoms with E-state index >= 15 is 0 Å². The Labute approximate surface area is 792 Å². The summed E-state index contributed by atoms with van der Waals surface area (Å²) >= 11 is 0. The molecular formula is C117H89FN16O3. The molecule has 0 unspecified atom stereocenters. The monoisotopic (exact) mass is 1780 g/mol. The van der Waals surface area contributed by atoms with Crippen LogP contribution in [0.5, 0.6) is 11.5 Å². The van der Waals surface area contributed by atoms with Crippen LogP contribution in [0.3, 0.4) is 0 Å². The second kappa shape index (κ2) is 40.8. The first-order chi connectivity index (χ1) is 67.2. The number of para-hydroxylation sites is 2. The first kappa shape index (κ1) is 88.4. The van der Waals surface area contributed by atoms with E-state index in [0.29, 0.717) is 17.7 Å². The van der Waals surface area contributed by atoms with E-state index in [0.717, 1.165) is 208 Å². The van der Waals surface area contributed by atoms with Crippen LogP contribution in [0, 0.1) is 47.4 Å². The van der Waals surface area contributed by atoms with Crippen LogP contribution < -0.4 is 14.8 Å². The standard InChI is InChI=1S/C21H15FN2.C21H16N2.C19H14N4.C19H15N3O.C19H15N3.C18H14N2O2/c1-14-8-9-19(22)18(13-14)21-17(6-4-11-24-21)15-10-12-23-20-7-3-2-5-16(15)20;1-15-6-4-7-16(14-15)21-19(9-5-12-23-21)17-11-13-22-20-10-3-2-8-18(17)20;1-13-4-2-6-16(23-13)15-5-3-9-22-19(15)14-7-8-17-18(12-14)21-11-10-20-17;1-12-4-2-6-16(21-12)15-5-3-9-20-19(15)14-8-7-13-11-18(23)22-17(13)10-14;1-13-4-2-6-18(22-13)17-5-3-9-21-19(17)14-7-8-15-11-20-12-16(15)10-14;1-12-4-2-6-15(20-12)14-5-3-9-19-18(14)13-7-8-16-17(10-13)22-11-21-16/h2-13H,1H3;2-14H,1H3;2-12H,1H3;2-10H,11H2,1H3,(H,22,23);2-10,12H,11H2,1H3;2-10H,11H2,1H3. The lowest BCUT2D eigenvalue weighted by Gasteiger charge is -2.12. The molecule has 662 valence electrons. The number of anilines is 1. The van der Waals surface area contributed by atoms with Gasteiger partial charge in [0.05, 0.1) is 92.0 Å². The number of rotatable bonds is 12. The third kappa shape index (κ3) is 20.3. The molecule has 137 heavy (non-hydrogen) atoms. The predicted molar refractivity (Wildman–Crippen MR) is 544 cm³/mol. The van der Waals surface area contributed by atoms with Gasteiger partial charge in [-0.05, 0) is 263 Å². The molecule has 0 aliphatic carbocycles. The van der Waals surface area contributed by atoms with Gasteiger partial charge in [-0.25, -0.2) is 4.39 Å². The van der Waals surface area contributed by atoms with Gasteiger partial charge >= 0.3 is 0 Å². The number of halogens is 1. The Bertz CT molecular complexity index is 8090. The Morgan fingerprint density at radius 3 is 1.24 bits per heavy atom. The number of nitrogens with one attached hydrogen (secondary N) is 1. The molecule has 8 aromatic carbocycles. The lowest BCUT2D eigenvalue weighted by Crippen LogP contribution is -2.03. The van der Waals surface area contributed by atoms with E-state index in [4.69, 9.17) is 9.47 Å². The number of hydrogen-bond acceptors (Lipinski definition) is 18. The highest BCUT2D eigenvalue weighted by atomic mass is 19.1. The molecule has 0 saturated carbocycles. The maximum absolute atomic E-state index is 14.4. The molecule has 3 aliphatic heterocycles. The molecule has 24 rings (SSSR count). The lowest BCUT2D eigenvalue weighted by molar-refractivity contribution is -0.115. The molecule has 0 bridgehead atoms. The maximum Gasteiger partial charge on any atom is 0.231 e. The molecule has 16 heterocycles. The molecule has 0 radical (unpaired) electrons. The van der Waals surface area contributed by atoms with Crippen molar-refractivity contribution in [2.45, 2.75) is 54.5 Å². The van der Waals surface area contributed by atoms with Crippen LogP contribution in [0.2, 0.25) is 0 Å².